The summed E-state index contributed by atoms with van der Waals surface area (Å²) in [4.78, 5) is 0. The van der Waals surface area contributed by atoms with Gasteiger partial charge in [-0.2, -0.15) is 0 Å². The van der Waals surface area contributed by atoms with Crippen LogP contribution in [0.4, 0.5) is 4.39 Å². The molecule has 0 atom stereocenters. The Hall–Kier alpha value is -2.13. The van der Waals surface area contributed by atoms with Crippen molar-refractivity contribution in [2.75, 3.05) is 0 Å². The van der Waals surface area contributed by atoms with Crippen LogP contribution in [-0.4, -0.2) is 0 Å². The Labute approximate surface area is 110 Å². The van der Waals surface area contributed by atoms with Gasteiger partial charge in [-0.1, -0.05) is 17.7 Å². The lowest BCUT2D eigenvalue weighted by Crippen LogP contribution is -1.98. The minimum absolute atomic E-state index is 0.288. The molecule has 3 aromatic rings. The van der Waals surface area contributed by atoms with E-state index in [2.05, 4.69) is 0 Å². The van der Waals surface area contributed by atoms with E-state index in [0.29, 0.717) is 12.3 Å². The molecule has 0 amide bonds. The van der Waals surface area contributed by atoms with Crippen molar-refractivity contribution in [1.82, 2.24) is 0 Å². The molecule has 2 N–H and O–H groups in total. The molecule has 1 heterocycles. The first kappa shape index (κ1) is 11.9. The first-order chi connectivity index (χ1) is 9.17. The van der Waals surface area contributed by atoms with E-state index in [1.807, 2.05) is 31.2 Å². The molecular weight excluding hydrogens is 241 g/mol. The summed E-state index contributed by atoms with van der Waals surface area (Å²) in [7, 11) is 0. The summed E-state index contributed by atoms with van der Waals surface area (Å²) in [5, 5.41) is 1.02. The zero-order valence-corrected chi connectivity index (χ0v) is 10.6. The summed E-state index contributed by atoms with van der Waals surface area (Å²) in [6.45, 7) is 2.38. The molecule has 0 unspecified atom stereocenters. The summed E-state index contributed by atoms with van der Waals surface area (Å²) in [5.41, 5.74) is 9.25. The number of aryl methyl sites for hydroxylation is 1. The van der Waals surface area contributed by atoms with Crippen LogP contribution in [0, 0.1) is 12.7 Å². The molecule has 2 aromatic carbocycles. The minimum atomic E-state index is -0.288. The third-order valence-corrected chi connectivity index (χ3v) is 3.23. The van der Waals surface area contributed by atoms with Crippen LogP contribution < -0.4 is 5.73 Å². The van der Waals surface area contributed by atoms with Crippen LogP contribution in [0.1, 0.15) is 11.1 Å². The maximum Gasteiger partial charge on any atom is 0.135 e. The minimum Gasteiger partial charge on any atom is -0.456 e. The summed E-state index contributed by atoms with van der Waals surface area (Å²) in [6.07, 6.45) is 0. The maximum atomic E-state index is 13.4. The number of rotatable bonds is 2. The van der Waals surface area contributed by atoms with E-state index in [0.717, 1.165) is 27.7 Å². The molecule has 0 bridgehead atoms. The average Bonchev–Trinajstić information content (AvgIpc) is 2.81. The van der Waals surface area contributed by atoms with Crippen molar-refractivity contribution in [1.29, 1.82) is 0 Å². The van der Waals surface area contributed by atoms with E-state index in [1.165, 1.54) is 12.1 Å². The molecule has 0 spiro atoms. The Morgan fingerprint density at radius 1 is 1.11 bits per heavy atom. The second-order valence-electron chi connectivity index (χ2n) is 4.66. The van der Waals surface area contributed by atoms with Gasteiger partial charge in [0, 0.05) is 17.5 Å². The number of halogens is 1. The third kappa shape index (κ3) is 2.13. The van der Waals surface area contributed by atoms with Crippen LogP contribution in [0.2, 0.25) is 0 Å². The highest BCUT2D eigenvalue weighted by Gasteiger charge is 2.11. The number of hydrogen-bond acceptors (Lipinski definition) is 2. The molecule has 0 aliphatic carbocycles. The molecule has 0 aliphatic heterocycles. The molecule has 1 aromatic heterocycles. The van der Waals surface area contributed by atoms with E-state index >= 15 is 0 Å². The van der Waals surface area contributed by atoms with Crippen LogP contribution in [0.3, 0.4) is 0 Å². The number of hydrogen-bond donors (Lipinski definition) is 1. The Morgan fingerprint density at radius 2 is 1.95 bits per heavy atom. The Bertz CT molecular complexity index is 746. The first-order valence-electron chi connectivity index (χ1n) is 6.16. The fraction of sp³-hybridized carbons (Fsp3) is 0.125. The van der Waals surface area contributed by atoms with Crippen molar-refractivity contribution in [3.8, 4) is 11.3 Å². The van der Waals surface area contributed by atoms with Crippen molar-refractivity contribution in [2.24, 2.45) is 5.73 Å². The van der Waals surface area contributed by atoms with E-state index in [-0.39, 0.29) is 5.82 Å². The summed E-state index contributed by atoms with van der Waals surface area (Å²) >= 11 is 0. The van der Waals surface area contributed by atoms with Gasteiger partial charge >= 0.3 is 0 Å². The smallest absolute Gasteiger partial charge is 0.135 e. The zero-order chi connectivity index (χ0) is 13.4. The van der Waals surface area contributed by atoms with Gasteiger partial charge in [-0.3, -0.25) is 0 Å². The predicted octanol–water partition coefficient (Wildman–Crippen LogP) is 4.01. The largest absolute Gasteiger partial charge is 0.456 e. The monoisotopic (exact) mass is 255 g/mol. The zero-order valence-electron chi connectivity index (χ0n) is 10.6. The fourth-order valence-corrected chi connectivity index (χ4v) is 2.25. The normalized spacial score (nSPS) is 11.1. The van der Waals surface area contributed by atoms with Gasteiger partial charge in [0.2, 0.25) is 0 Å². The van der Waals surface area contributed by atoms with E-state index in [4.69, 9.17) is 10.2 Å². The van der Waals surface area contributed by atoms with Crippen LogP contribution >= 0.6 is 0 Å². The molecule has 3 heteroatoms. The lowest BCUT2D eigenvalue weighted by Gasteiger charge is -2.04. The second-order valence-corrected chi connectivity index (χ2v) is 4.66. The van der Waals surface area contributed by atoms with Gasteiger partial charge in [0.1, 0.15) is 17.2 Å². The lowest BCUT2D eigenvalue weighted by atomic mass is 10.0. The number of furan rings is 1. The Morgan fingerprint density at radius 3 is 2.74 bits per heavy atom. The maximum absolute atomic E-state index is 13.4. The lowest BCUT2D eigenvalue weighted by molar-refractivity contribution is 0.616. The predicted molar refractivity (Wildman–Crippen MR) is 74.2 cm³/mol. The van der Waals surface area contributed by atoms with Gasteiger partial charge in [0.25, 0.3) is 0 Å². The number of benzene rings is 2. The van der Waals surface area contributed by atoms with E-state index in [1.54, 1.807) is 6.07 Å². The average molecular weight is 255 g/mol. The molecule has 0 saturated carbocycles. The highest BCUT2D eigenvalue weighted by Crippen LogP contribution is 2.31. The molecule has 0 fully saturated rings. The molecule has 2 nitrogen and oxygen atoms in total. The molecule has 96 valence electrons. The standard InChI is InChI=1S/C16H14FNO/c1-10-2-5-15-12(6-10)7-16(19-15)14-8-13(17)4-3-11(14)9-18/h2-8H,9,18H2,1H3. The molecule has 19 heavy (non-hydrogen) atoms. The van der Waals surface area contributed by atoms with Gasteiger partial charge in [0.15, 0.2) is 0 Å². The highest BCUT2D eigenvalue weighted by atomic mass is 19.1. The van der Waals surface area contributed by atoms with Gasteiger partial charge in [-0.05, 0) is 42.8 Å². The molecule has 3 rings (SSSR count). The molecule has 0 saturated heterocycles. The van der Waals surface area contributed by atoms with Crippen LogP contribution in [0.15, 0.2) is 46.9 Å². The number of nitrogens with two attached hydrogens (primary N) is 1. The summed E-state index contributed by atoms with van der Waals surface area (Å²) in [5.74, 6) is 0.365. The van der Waals surface area contributed by atoms with E-state index in [9.17, 15) is 4.39 Å². The third-order valence-electron chi connectivity index (χ3n) is 3.23. The van der Waals surface area contributed by atoms with Crippen LogP contribution in [0.25, 0.3) is 22.3 Å². The molecule has 0 aliphatic rings. The van der Waals surface area contributed by atoms with Crippen molar-refractivity contribution in [3.63, 3.8) is 0 Å². The highest BCUT2D eigenvalue weighted by molar-refractivity contribution is 5.84. The topological polar surface area (TPSA) is 39.2 Å². The van der Waals surface area contributed by atoms with Gasteiger partial charge in [0.05, 0.1) is 0 Å². The number of fused-ring (bicyclic) bond motifs is 1. The molecular formula is C16H14FNO. The summed E-state index contributed by atoms with van der Waals surface area (Å²) < 4.78 is 19.2. The second kappa shape index (κ2) is 4.52. The Kier molecular flexibility index (Phi) is 2.84. The van der Waals surface area contributed by atoms with Crippen LogP contribution in [0.5, 0.6) is 0 Å². The van der Waals surface area contributed by atoms with E-state index < -0.39 is 0 Å². The van der Waals surface area contributed by atoms with Gasteiger partial charge < -0.3 is 10.2 Å². The quantitative estimate of drug-likeness (QED) is 0.751. The van der Waals surface area contributed by atoms with Crippen LogP contribution in [-0.2, 0) is 6.54 Å². The van der Waals surface area contributed by atoms with Crippen molar-refractivity contribution < 1.29 is 8.81 Å². The fourth-order valence-electron chi connectivity index (χ4n) is 2.25. The van der Waals surface area contributed by atoms with Crippen molar-refractivity contribution >= 4 is 11.0 Å². The summed E-state index contributed by atoms with van der Waals surface area (Å²) in [6, 6.07) is 12.5. The van der Waals surface area contributed by atoms with Gasteiger partial charge in [-0.25, -0.2) is 4.39 Å². The van der Waals surface area contributed by atoms with Crippen molar-refractivity contribution in [3.05, 3.63) is 59.4 Å². The van der Waals surface area contributed by atoms with Crippen molar-refractivity contribution in [2.45, 2.75) is 13.5 Å². The first-order valence-corrected chi connectivity index (χ1v) is 6.16. The SMILES string of the molecule is Cc1ccc2oc(-c3cc(F)ccc3CN)cc2c1. The molecule has 0 radical (unpaired) electrons. The Balaban J connectivity index is 2.21. The van der Waals surface area contributed by atoms with Gasteiger partial charge in [-0.15, -0.1) is 0 Å².